The first-order valence-corrected chi connectivity index (χ1v) is 11.7. The summed E-state index contributed by atoms with van der Waals surface area (Å²) in [4.78, 5) is 15.1. The van der Waals surface area contributed by atoms with Crippen molar-refractivity contribution in [1.82, 2.24) is 10.2 Å². The molecule has 33 heavy (non-hydrogen) atoms. The first kappa shape index (κ1) is 21.5. The van der Waals surface area contributed by atoms with Crippen LogP contribution in [0.1, 0.15) is 41.6 Å². The van der Waals surface area contributed by atoms with E-state index < -0.39 is 0 Å². The van der Waals surface area contributed by atoms with Crippen LogP contribution in [0.25, 0.3) is 0 Å². The largest absolute Gasteiger partial charge is 0.490 e. The maximum Gasteiger partial charge on any atom is 0.251 e. The highest BCUT2D eigenvalue weighted by molar-refractivity contribution is 5.94. The average Bonchev–Trinajstić information content (AvgIpc) is 3.04. The van der Waals surface area contributed by atoms with Crippen molar-refractivity contribution >= 4 is 5.91 Å². The number of carbonyl (C=O) groups excluding carboxylic acids is 1. The number of hydrogen-bond acceptors (Lipinski definition) is 4. The Morgan fingerprint density at radius 2 is 1.55 bits per heavy atom. The first-order valence-electron chi connectivity index (χ1n) is 11.7. The van der Waals surface area contributed by atoms with Gasteiger partial charge >= 0.3 is 0 Å². The van der Waals surface area contributed by atoms with E-state index in [9.17, 15) is 4.79 Å². The van der Waals surface area contributed by atoms with Crippen molar-refractivity contribution in [2.24, 2.45) is 0 Å². The number of nitrogens with one attached hydrogen (secondary N) is 1. The summed E-state index contributed by atoms with van der Waals surface area (Å²) in [5.41, 5.74) is 1.63. The summed E-state index contributed by atoms with van der Waals surface area (Å²) in [6, 6.07) is 26.1. The molecule has 1 N–H and O–H groups in total. The molecule has 3 aromatic carbocycles. The molecule has 3 aromatic rings. The van der Waals surface area contributed by atoms with E-state index in [1.807, 2.05) is 66.7 Å². The molecule has 0 saturated carbocycles. The Balaban J connectivity index is 1.14. The number of ether oxygens (including phenoxy) is 2. The molecule has 1 amide bonds. The Bertz CT molecular complexity index is 1070. The number of nitrogens with zero attached hydrogens (tertiary/aromatic N) is 1. The molecule has 2 fully saturated rings. The number of benzene rings is 3. The molecule has 0 aliphatic carbocycles. The van der Waals surface area contributed by atoms with E-state index in [1.54, 1.807) is 12.1 Å². The van der Waals surface area contributed by atoms with Gasteiger partial charge in [0.15, 0.2) is 0 Å². The molecule has 5 nitrogen and oxygen atoms in total. The minimum atomic E-state index is -0.112. The average molecular weight is 443 g/mol. The minimum Gasteiger partial charge on any atom is -0.490 e. The Labute approximate surface area is 195 Å². The standard InChI is InChI=1S/C28H30N2O3/c1-30-22-12-13-23(30)18-27(17-22)33-26-9-5-6-20(16-26)19-29-28(31)21-10-14-25(15-11-21)32-24-7-3-2-4-8-24/h2-11,14-16,22-23,27H,12-13,17-19H2,1H3,(H,29,31). The van der Waals surface area contributed by atoms with Gasteiger partial charge in [0, 0.05) is 24.2 Å². The third-order valence-electron chi connectivity index (χ3n) is 6.80. The van der Waals surface area contributed by atoms with Crippen LogP contribution in [0, 0.1) is 0 Å². The van der Waals surface area contributed by atoms with Crippen LogP contribution in [0.5, 0.6) is 17.2 Å². The quantitative estimate of drug-likeness (QED) is 0.531. The number of amides is 1. The van der Waals surface area contributed by atoms with Crippen molar-refractivity contribution in [3.8, 4) is 17.2 Å². The van der Waals surface area contributed by atoms with E-state index >= 15 is 0 Å². The maximum absolute atomic E-state index is 12.6. The predicted molar refractivity (Wildman–Crippen MR) is 129 cm³/mol. The lowest BCUT2D eigenvalue weighted by molar-refractivity contribution is 0.0661. The van der Waals surface area contributed by atoms with Gasteiger partial charge in [-0.1, -0.05) is 30.3 Å². The molecule has 5 heteroatoms. The SMILES string of the molecule is CN1C2CCC1CC(Oc1cccc(CNC(=O)c3ccc(Oc4ccccc4)cc3)c1)C2. The number of carbonyl (C=O) groups is 1. The molecule has 0 radical (unpaired) electrons. The number of rotatable bonds is 7. The molecule has 2 atom stereocenters. The van der Waals surface area contributed by atoms with Crippen LogP contribution in [-0.2, 0) is 6.54 Å². The van der Waals surface area contributed by atoms with Crippen LogP contribution in [0.15, 0.2) is 78.9 Å². The second kappa shape index (κ2) is 9.67. The monoisotopic (exact) mass is 442 g/mol. The maximum atomic E-state index is 12.6. The number of fused-ring (bicyclic) bond motifs is 2. The summed E-state index contributed by atoms with van der Waals surface area (Å²) >= 11 is 0. The van der Waals surface area contributed by atoms with Gasteiger partial charge in [-0.15, -0.1) is 0 Å². The zero-order chi connectivity index (χ0) is 22.6. The predicted octanol–water partition coefficient (Wildman–Crippen LogP) is 5.41. The zero-order valence-corrected chi connectivity index (χ0v) is 18.9. The summed E-state index contributed by atoms with van der Waals surface area (Å²) in [5.74, 6) is 2.24. The second-order valence-electron chi connectivity index (χ2n) is 9.03. The van der Waals surface area contributed by atoms with Crippen molar-refractivity contribution in [2.45, 2.75) is 50.4 Å². The topological polar surface area (TPSA) is 50.8 Å². The fourth-order valence-electron chi connectivity index (χ4n) is 4.96. The van der Waals surface area contributed by atoms with Gasteiger partial charge in [0.25, 0.3) is 5.91 Å². The van der Waals surface area contributed by atoms with Crippen molar-refractivity contribution in [1.29, 1.82) is 0 Å². The molecule has 2 bridgehead atoms. The van der Waals surface area contributed by atoms with E-state index in [0.717, 1.165) is 29.9 Å². The van der Waals surface area contributed by atoms with Crippen molar-refractivity contribution in [3.63, 3.8) is 0 Å². The van der Waals surface area contributed by atoms with Gasteiger partial charge in [-0.05, 0) is 86.8 Å². The Hall–Kier alpha value is -3.31. The molecule has 5 rings (SSSR count). The third kappa shape index (κ3) is 5.20. The van der Waals surface area contributed by atoms with Gasteiger partial charge < -0.3 is 19.7 Å². The van der Waals surface area contributed by atoms with Gasteiger partial charge in [-0.3, -0.25) is 4.79 Å². The van der Waals surface area contributed by atoms with E-state index in [-0.39, 0.29) is 12.0 Å². The van der Waals surface area contributed by atoms with Gasteiger partial charge in [0.05, 0.1) is 0 Å². The van der Waals surface area contributed by atoms with Crippen LogP contribution in [0.4, 0.5) is 0 Å². The van der Waals surface area contributed by atoms with Crippen LogP contribution in [0.3, 0.4) is 0 Å². The Morgan fingerprint density at radius 1 is 0.879 bits per heavy atom. The smallest absolute Gasteiger partial charge is 0.251 e. The Kier molecular flexibility index (Phi) is 6.31. The van der Waals surface area contributed by atoms with Crippen molar-refractivity contribution in [3.05, 3.63) is 90.0 Å². The van der Waals surface area contributed by atoms with E-state index in [1.165, 1.54) is 12.8 Å². The summed E-state index contributed by atoms with van der Waals surface area (Å²) < 4.78 is 12.1. The normalized spacial score (nSPS) is 22.0. The van der Waals surface area contributed by atoms with Crippen LogP contribution >= 0.6 is 0 Å². The minimum absolute atomic E-state index is 0.112. The molecule has 170 valence electrons. The van der Waals surface area contributed by atoms with Gasteiger partial charge in [-0.25, -0.2) is 0 Å². The highest BCUT2D eigenvalue weighted by atomic mass is 16.5. The van der Waals surface area contributed by atoms with Crippen LogP contribution in [-0.4, -0.2) is 36.0 Å². The molecule has 2 aliphatic rings. The number of para-hydroxylation sites is 1. The lowest BCUT2D eigenvalue weighted by Crippen LogP contribution is -2.43. The number of piperidine rings is 1. The number of hydrogen-bond donors (Lipinski definition) is 1. The molecule has 2 heterocycles. The van der Waals surface area contributed by atoms with Gasteiger partial charge in [-0.2, -0.15) is 0 Å². The molecule has 2 saturated heterocycles. The zero-order valence-electron chi connectivity index (χ0n) is 18.9. The van der Waals surface area contributed by atoms with Gasteiger partial charge in [0.2, 0.25) is 0 Å². The van der Waals surface area contributed by atoms with Gasteiger partial charge in [0.1, 0.15) is 23.4 Å². The summed E-state index contributed by atoms with van der Waals surface area (Å²) in [6.07, 6.45) is 5.04. The molecule has 0 aromatic heterocycles. The molecule has 0 spiro atoms. The summed E-state index contributed by atoms with van der Waals surface area (Å²) in [7, 11) is 2.24. The molecular weight excluding hydrogens is 412 g/mol. The Morgan fingerprint density at radius 3 is 2.27 bits per heavy atom. The van der Waals surface area contributed by atoms with Crippen LogP contribution < -0.4 is 14.8 Å². The second-order valence-corrected chi connectivity index (χ2v) is 9.03. The van der Waals surface area contributed by atoms with Crippen LogP contribution in [0.2, 0.25) is 0 Å². The summed E-state index contributed by atoms with van der Waals surface area (Å²) in [5, 5.41) is 3.00. The highest BCUT2D eigenvalue weighted by Crippen LogP contribution is 2.36. The van der Waals surface area contributed by atoms with E-state index in [0.29, 0.717) is 29.9 Å². The fourth-order valence-corrected chi connectivity index (χ4v) is 4.96. The lowest BCUT2D eigenvalue weighted by atomic mass is 10.0. The first-order chi connectivity index (χ1) is 16.1. The molecule has 2 unspecified atom stereocenters. The van der Waals surface area contributed by atoms with Crippen molar-refractivity contribution < 1.29 is 14.3 Å². The highest BCUT2D eigenvalue weighted by Gasteiger charge is 2.39. The fraction of sp³-hybridized carbons (Fsp3) is 0.321. The third-order valence-corrected chi connectivity index (χ3v) is 6.80. The lowest BCUT2D eigenvalue weighted by Gasteiger charge is -2.36. The molecular formula is C28H30N2O3. The summed E-state index contributed by atoms with van der Waals surface area (Å²) in [6.45, 7) is 0.455. The van der Waals surface area contributed by atoms with Crippen molar-refractivity contribution in [2.75, 3.05) is 7.05 Å². The molecule has 2 aliphatic heterocycles. The van der Waals surface area contributed by atoms with E-state index in [2.05, 4.69) is 17.3 Å². The van der Waals surface area contributed by atoms with E-state index in [4.69, 9.17) is 9.47 Å².